The monoisotopic (exact) mass is 676 g/mol. The Balaban J connectivity index is 1.21. The molecule has 2 heterocycles. The lowest BCUT2D eigenvalue weighted by molar-refractivity contribution is 1.07. The van der Waals surface area contributed by atoms with E-state index in [1.165, 1.54) is 27.1 Å². The second-order valence-electron chi connectivity index (χ2n) is 13.2. The Labute approximate surface area is 307 Å². The number of benzene rings is 8. The van der Waals surface area contributed by atoms with Gasteiger partial charge in [0.25, 0.3) is 0 Å². The molecule has 4 nitrogen and oxygen atoms in total. The first kappa shape index (κ1) is 30.6. The molecule has 0 N–H and O–H groups in total. The predicted octanol–water partition coefficient (Wildman–Crippen LogP) is 12.5. The van der Waals surface area contributed by atoms with Crippen molar-refractivity contribution in [2.24, 2.45) is 0 Å². The Morgan fingerprint density at radius 3 is 1.51 bits per heavy atom. The quantitative estimate of drug-likeness (QED) is 0.176. The van der Waals surface area contributed by atoms with Gasteiger partial charge in [0.2, 0.25) is 0 Å². The third-order valence-corrected chi connectivity index (χ3v) is 10.1. The maximum atomic E-state index is 5.16. The van der Waals surface area contributed by atoms with Crippen molar-refractivity contribution in [2.45, 2.75) is 0 Å². The number of para-hydroxylation sites is 1. The first-order valence-corrected chi connectivity index (χ1v) is 17.9. The molecule has 4 heteroatoms. The topological polar surface area (TPSA) is 43.6 Å². The van der Waals surface area contributed by atoms with Crippen LogP contribution in [0.4, 0.5) is 0 Å². The van der Waals surface area contributed by atoms with Gasteiger partial charge in [-0.15, -0.1) is 0 Å². The van der Waals surface area contributed by atoms with Crippen LogP contribution in [0.25, 0.3) is 94.7 Å². The van der Waals surface area contributed by atoms with E-state index >= 15 is 0 Å². The number of hydrogen-bond acceptors (Lipinski definition) is 3. The van der Waals surface area contributed by atoms with Gasteiger partial charge in [-0.2, -0.15) is 0 Å². The molecule has 0 radical (unpaired) electrons. The Kier molecular flexibility index (Phi) is 7.43. The summed E-state index contributed by atoms with van der Waals surface area (Å²) in [7, 11) is 0. The van der Waals surface area contributed by atoms with Crippen molar-refractivity contribution in [3.8, 4) is 62.1 Å². The molecule has 10 aromatic rings. The lowest BCUT2D eigenvalue weighted by Crippen LogP contribution is -2.02. The van der Waals surface area contributed by atoms with Gasteiger partial charge in [0.15, 0.2) is 17.5 Å². The molecule has 0 amide bonds. The van der Waals surface area contributed by atoms with Crippen LogP contribution in [0.15, 0.2) is 194 Å². The Hall–Kier alpha value is -7.17. The lowest BCUT2D eigenvalue weighted by atomic mass is 10.0. The van der Waals surface area contributed by atoms with Crippen molar-refractivity contribution < 1.29 is 0 Å². The zero-order valence-corrected chi connectivity index (χ0v) is 28.8. The molecule has 0 aliphatic carbocycles. The molecule has 0 aliphatic heterocycles. The van der Waals surface area contributed by atoms with Crippen LogP contribution in [0.1, 0.15) is 0 Å². The fraction of sp³-hybridized carbons (Fsp3) is 0. The standard InChI is InChI=1S/C49H32N4/c1-4-14-33(15-5-1)34-24-26-38(27-25-34)48-50-47(37-19-8-3-9-20-37)51-49(52-48)39-28-30-40(35-16-6-2-7-17-35)45(32-39)53-43-23-13-12-22-42(43)46-41-21-11-10-18-36(41)29-31-44(46)53/h1-32H. The van der Waals surface area contributed by atoms with E-state index in [2.05, 4.69) is 162 Å². The van der Waals surface area contributed by atoms with E-state index in [0.29, 0.717) is 17.5 Å². The van der Waals surface area contributed by atoms with Crippen LogP contribution in [0.5, 0.6) is 0 Å². The molecule has 0 saturated heterocycles. The summed E-state index contributed by atoms with van der Waals surface area (Å²) in [4.78, 5) is 15.3. The summed E-state index contributed by atoms with van der Waals surface area (Å²) in [6.07, 6.45) is 0. The fourth-order valence-corrected chi connectivity index (χ4v) is 7.51. The number of rotatable bonds is 6. The first-order valence-electron chi connectivity index (χ1n) is 17.9. The minimum atomic E-state index is 0.619. The summed E-state index contributed by atoms with van der Waals surface area (Å²) in [5.74, 6) is 1.88. The van der Waals surface area contributed by atoms with E-state index in [1.807, 2.05) is 36.4 Å². The maximum Gasteiger partial charge on any atom is 0.164 e. The molecule has 0 spiro atoms. The van der Waals surface area contributed by atoms with Gasteiger partial charge < -0.3 is 4.57 Å². The Morgan fingerprint density at radius 1 is 0.321 bits per heavy atom. The highest BCUT2D eigenvalue weighted by molar-refractivity contribution is 6.21. The fourth-order valence-electron chi connectivity index (χ4n) is 7.51. The summed E-state index contributed by atoms with van der Waals surface area (Å²) in [6, 6.07) is 68.1. The van der Waals surface area contributed by atoms with Crippen LogP contribution in [0.2, 0.25) is 0 Å². The zero-order valence-electron chi connectivity index (χ0n) is 28.8. The van der Waals surface area contributed by atoms with E-state index in [-0.39, 0.29) is 0 Å². The third-order valence-electron chi connectivity index (χ3n) is 10.1. The molecule has 248 valence electrons. The molecule has 0 bridgehead atoms. The van der Waals surface area contributed by atoms with Gasteiger partial charge in [-0.3, -0.25) is 0 Å². The Morgan fingerprint density at radius 2 is 0.811 bits per heavy atom. The van der Waals surface area contributed by atoms with Crippen molar-refractivity contribution in [3.05, 3.63) is 194 Å². The van der Waals surface area contributed by atoms with Crippen molar-refractivity contribution >= 4 is 32.6 Å². The molecule has 0 unspecified atom stereocenters. The van der Waals surface area contributed by atoms with E-state index < -0.39 is 0 Å². The third kappa shape index (κ3) is 5.45. The molecule has 0 aliphatic rings. The lowest BCUT2D eigenvalue weighted by Gasteiger charge is -2.16. The summed E-state index contributed by atoms with van der Waals surface area (Å²) in [6.45, 7) is 0. The van der Waals surface area contributed by atoms with Crippen LogP contribution in [-0.2, 0) is 0 Å². The summed E-state index contributed by atoms with van der Waals surface area (Å²) >= 11 is 0. The van der Waals surface area contributed by atoms with Gasteiger partial charge >= 0.3 is 0 Å². The molecule has 0 fully saturated rings. The van der Waals surface area contributed by atoms with Gasteiger partial charge in [-0.05, 0) is 45.7 Å². The van der Waals surface area contributed by atoms with Gasteiger partial charge in [-0.25, -0.2) is 15.0 Å². The molecule has 2 aromatic heterocycles. The molecule has 10 rings (SSSR count). The number of fused-ring (bicyclic) bond motifs is 5. The summed E-state index contributed by atoms with van der Waals surface area (Å²) < 4.78 is 2.41. The molecule has 53 heavy (non-hydrogen) atoms. The van der Waals surface area contributed by atoms with Crippen molar-refractivity contribution in [1.29, 1.82) is 0 Å². The summed E-state index contributed by atoms with van der Waals surface area (Å²) in [5, 5.41) is 4.93. The summed E-state index contributed by atoms with van der Waals surface area (Å²) in [5.41, 5.74) is 10.7. The van der Waals surface area contributed by atoms with Gasteiger partial charge in [-0.1, -0.05) is 176 Å². The minimum Gasteiger partial charge on any atom is -0.309 e. The molecular formula is C49H32N4. The average molecular weight is 677 g/mol. The van der Waals surface area contributed by atoms with Crippen molar-refractivity contribution in [1.82, 2.24) is 19.5 Å². The first-order chi connectivity index (χ1) is 26.3. The van der Waals surface area contributed by atoms with Crippen LogP contribution in [-0.4, -0.2) is 19.5 Å². The smallest absolute Gasteiger partial charge is 0.164 e. The van der Waals surface area contributed by atoms with Gasteiger partial charge in [0.05, 0.1) is 16.7 Å². The molecule has 0 saturated carbocycles. The largest absolute Gasteiger partial charge is 0.309 e. The predicted molar refractivity (Wildman–Crippen MR) is 219 cm³/mol. The van der Waals surface area contributed by atoms with Crippen molar-refractivity contribution in [3.63, 3.8) is 0 Å². The molecule has 8 aromatic carbocycles. The van der Waals surface area contributed by atoms with E-state index in [1.54, 1.807) is 0 Å². The second kappa shape index (κ2) is 12.9. The normalized spacial score (nSPS) is 11.4. The second-order valence-corrected chi connectivity index (χ2v) is 13.2. The van der Waals surface area contributed by atoms with E-state index in [9.17, 15) is 0 Å². The number of nitrogens with zero attached hydrogens (tertiary/aromatic N) is 4. The van der Waals surface area contributed by atoms with Gasteiger partial charge in [0.1, 0.15) is 0 Å². The van der Waals surface area contributed by atoms with E-state index in [4.69, 9.17) is 15.0 Å². The highest BCUT2D eigenvalue weighted by Gasteiger charge is 2.20. The number of aromatic nitrogens is 4. The Bertz CT molecular complexity index is 2910. The van der Waals surface area contributed by atoms with Crippen LogP contribution in [0, 0.1) is 0 Å². The minimum absolute atomic E-state index is 0.619. The van der Waals surface area contributed by atoms with Crippen LogP contribution < -0.4 is 0 Å². The van der Waals surface area contributed by atoms with Gasteiger partial charge in [0, 0.05) is 33.0 Å². The van der Waals surface area contributed by atoms with Crippen LogP contribution in [0.3, 0.4) is 0 Å². The number of hydrogen-bond donors (Lipinski definition) is 0. The zero-order chi connectivity index (χ0) is 35.1. The highest BCUT2D eigenvalue weighted by atomic mass is 15.0. The van der Waals surface area contributed by atoms with Crippen molar-refractivity contribution in [2.75, 3.05) is 0 Å². The maximum absolute atomic E-state index is 5.16. The average Bonchev–Trinajstić information content (AvgIpc) is 3.59. The SMILES string of the molecule is c1ccc(-c2ccc(-c3nc(-c4ccccc4)nc(-c4ccc(-c5ccccc5)c(-n5c6ccccc6c6c7ccccc7ccc65)c4)n3)cc2)cc1. The molecular weight excluding hydrogens is 645 g/mol. The van der Waals surface area contributed by atoms with Crippen LogP contribution >= 0.6 is 0 Å². The van der Waals surface area contributed by atoms with E-state index in [0.717, 1.165) is 50.1 Å². The highest BCUT2D eigenvalue weighted by Crippen LogP contribution is 2.40. The molecule has 0 atom stereocenters.